The number of nitrogens with one attached hydrogen (secondary N) is 1. The molecule has 2 heterocycles. The van der Waals surface area contributed by atoms with Gasteiger partial charge in [-0.05, 0) is 24.9 Å². The molecule has 0 aliphatic rings. The second-order valence-electron chi connectivity index (χ2n) is 3.81. The largest absolute Gasteiger partial charge is 0.337 e. The zero-order valence-corrected chi connectivity index (χ0v) is 10.8. The molecule has 2 rings (SSSR count). The molecule has 1 N–H and O–H groups in total. The highest BCUT2D eigenvalue weighted by atomic mass is 35.5. The van der Waals surface area contributed by atoms with Crippen LogP contribution in [0, 0.1) is 6.92 Å². The highest BCUT2D eigenvalue weighted by Crippen LogP contribution is 2.20. The van der Waals surface area contributed by atoms with E-state index in [4.69, 9.17) is 11.6 Å². The van der Waals surface area contributed by atoms with Crippen molar-refractivity contribution in [2.24, 2.45) is 7.05 Å². The number of aromatic nitrogens is 4. The minimum atomic E-state index is 0.245. The van der Waals surface area contributed by atoms with Gasteiger partial charge in [0.1, 0.15) is 5.82 Å². The Balaban J connectivity index is 2.30. The average Bonchev–Trinajstić information content (AvgIpc) is 2.57. The lowest BCUT2D eigenvalue weighted by Crippen LogP contribution is -1.98. The first-order chi connectivity index (χ1) is 8.08. The van der Waals surface area contributed by atoms with Crippen molar-refractivity contribution in [3.8, 4) is 0 Å². The summed E-state index contributed by atoms with van der Waals surface area (Å²) in [6.07, 6.45) is 2.78. The first kappa shape index (κ1) is 11.9. The van der Waals surface area contributed by atoms with Crippen molar-refractivity contribution < 1.29 is 0 Å². The van der Waals surface area contributed by atoms with E-state index in [1.807, 2.05) is 26.2 Å². The van der Waals surface area contributed by atoms with Gasteiger partial charge in [-0.3, -0.25) is 4.68 Å². The van der Waals surface area contributed by atoms with Gasteiger partial charge in [0.05, 0.1) is 11.4 Å². The first-order valence-corrected chi connectivity index (χ1v) is 5.77. The normalized spacial score (nSPS) is 10.6. The number of anilines is 2. The van der Waals surface area contributed by atoms with Gasteiger partial charge >= 0.3 is 0 Å². The second-order valence-corrected chi connectivity index (χ2v) is 4.14. The smallest absolute Gasteiger partial charge is 0.224 e. The molecule has 0 fully saturated rings. The van der Waals surface area contributed by atoms with E-state index in [-0.39, 0.29) is 5.28 Å². The topological polar surface area (TPSA) is 55.6 Å². The SMILES string of the molecule is CCc1nn(C)cc1Nc1cc(C)nc(Cl)n1. The van der Waals surface area contributed by atoms with Crippen molar-refractivity contribution >= 4 is 23.1 Å². The maximum Gasteiger partial charge on any atom is 0.224 e. The summed E-state index contributed by atoms with van der Waals surface area (Å²) in [5.41, 5.74) is 2.78. The summed E-state index contributed by atoms with van der Waals surface area (Å²) in [4.78, 5) is 8.14. The Morgan fingerprint density at radius 2 is 2.18 bits per heavy atom. The van der Waals surface area contributed by atoms with Gasteiger partial charge in [-0.2, -0.15) is 5.10 Å². The van der Waals surface area contributed by atoms with E-state index >= 15 is 0 Å². The molecule has 0 bridgehead atoms. The minimum absolute atomic E-state index is 0.245. The monoisotopic (exact) mass is 251 g/mol. The molecule has 0 saturated heterocycles. The molecule has 90 valence electrons. The van der Waals surface area contributed by atoms with Gasteiger partial charge < -0.3 is 5.32 Å². The molecule has 0 radical (unpaired) electrons. The molecule has 0 saturated carbocycles. The van der Waals surface area contributed by atoms with Crippen molar-refractivity contribution in [2.75, 3.05) is 5.32 Å². The third-order valence-electron chi connectivity index (χ3n) is 2.33. The molecule has 2 aromatic rings. The van der Waals surface area contributed by atoms with E-state index in [0.29, 0.717) is 5.82 Å². The van der Waals surface area contributed by atoms with Crippen LogP contribution >= 0.6 is 11.6 Å². The Hall–Kier alpha value is -1.62. The van der Waals surface area contributed by atoms with E-state index in [9.17, 15) is 0 Å². The van der Waals surface area contributed by atoms with Crippen molar-refractivity contribution in [3.05, 3.63) is 28.9 Å². The molecule has 0 aliphatic heterocycles. The van der Waals surface area contributed by atoms with Crippen molar-refractivity contribution in [1.82, 2.24) is 19.7 Å². The second kappa shape index (κ2) is 4.71. The fourth-order valence-electron chi connectivity index (χ4n) is 1.63. The van der Waals surface area contributed by atoms with Crippen LogP contribution in [0.4, 0.5) is 11.5 Å². The van der Waals surface area contributed by atoms with Crippen LogP contribution in [-0.2, 0) is 13.5 Å². The van der Waals surface area contributed by atoms with Crippen molar-refractivity contribution in [2.45, 2.75) is 20.3 Å². The molecular formula is C11H14ClN5. The predicted octanol–water partition coefficient (Wildman–Crippen LogP) is 2.48. The van der Waals surface area contributed by atoms with E-state index in [1.54, 1.807) is 4.68 Å². The summed E-state index contributed by atoms with van der Waals surface area (Å²) in [5.74, 6) is 0.685. The van der Waals surface area contributed by atoms with Crippen LogP contribution < -0.4 is 5.32 Å². The fraction of sp³-hybridized carbons (Fsp3) is 0.364. The lowest BCUT2D eigenvalue weighted by Gasteiger charge is -2.05. The zero-order chi connectivity index (χ0) is 12.4. The van der Waals surface area contributed by atoms with Crippen LogP contribution in [0.3, 0.4) is 0 Å². The van der Waals surface area contributed by atoms with E-state index in [2.05, 4.69) is 27.3 Å². The number of halogens is 1. The molecule has 0 atom stereocenters. The summed E-state index contributed by atoms with van der Waals surface area (Å²) in [6, 6.07) is 1.85. The third-order valence-corrected chi connectivity index (χ3v) is 2.50. The zero-order valence-electron chi connectivity index (χ0n) is 10.0. The number of rotatable bonds is 3. The Labute approximate surface area is 105 Å². The van der Waals surface area contributed by atoms with Gasteiger partial charge in [0.2, 0.25) is 5.28 Å². The molecule has 0 amide bonds. The predicted molar refractivity (Wildman–Crippen MR) is 67.6 cm³/mol. The summed E-state index contributed by atoms with van der Waals surface area (Å²) >= 11 is 5.81. The number of nitrogens with zero attached hydrogens (tertiary/aromatic N) is 4. The molecule has 2 aromatic heterocycles. The highest BCUT2D eigenvalue weighted by Gasteiger charge is 2.07. The molecule has 17 heavy (non-hydrogen) atoms. The van der Waals surface area contributed by atoms with Gasteiger partial charge in [0.25, 0.3) is 0 Å². The summed E-state index contributed by atoms with van der Waals surface area (Å²) in [6.45, 7) is 3.94. The summed E-state index contributed by atoms with van der Waals surface area (Å²) < 4.78 is 1.77. The van der Waals surface area contributed by atoms with Gasteiger partial charge in [-0.1, -0.05) is 6.92 Å². The summed E-state index contributed by atoms with van der Waals surface area (Å²) in [5, 5.41) is 7.80. The van der Waals surface area contributed by atoms with E-state index in [1.165, 1.54) is 0 Å². The third kappa shape index (κ3) is 2.74. The Morgan fingerprint density at radius 3 is 2.82 bits per heavy atom. The van der Waals surface area contributed by atoms with Crippen molar-refractivity contribution in [1.29, 1.82) is 0 Å². The van der Waals surface area contributed by atoms with Gasteiger partial charge in [-0.25, -0.2) is 9.97 Å². The Kier molecular flexibility index (Phi) is 3.28. The minimum Gasteiger partial charge on any atom is -0.337 e. The van der Waals surface area contributed by atoms with Gasteiger partial charge in [-0.15, -0.1) is 0 Å². The number of aryl methyl sites for hydroxylation is 3. The lowest BCUT2D eigenvalue weighted by molar-refractivity contribution is 0.746. The van der Waals surface area contributed by atoms with Gasteiger partial charge in [0.15, 0.2) is 0 Å². The molecule has 0 aromatic carbocycles. The maximum absolute atomic E-state index is 5.81. The molecule has 0 aliphatic carbocycles. The first-order valence-electron chi connectivity index (χ1n) is 5.39. The molecular weight excluding hydrogens is 238 g/mol. The van der Waals surface area contributed by atoms with Crippen LogP contribution in [-0.4, -0.2) is 19.7 Å². The van der Waals surface area contributed by atoms with Crippen LogP contribution in [0.15, 0.2) is 12.3 Å². The van der Waals surface area contributed by atoms with Crippen LogP contribution in [0.2, 0.25) is 5.28 Å². The number of hydrogen-bond acceptors (Lipinski definition) is 4. The van der Waals surface area contributed by atoms with E-state index < -0.39 is 0 Å². The summed E-state index contributed by atoms with van der Waals surface area (Å²) in [7, 11) is 1.89. The fourth-order valence-corrected chi connectivity index (χ4v) is 1.86. The quantitative estimate of drug-likeness (QED) is 0.852. The van der Waals surface area contributed by atoms with E-state index in [0.717, 1.165) is 23.5 Å². The average molecular weight is 252 g/mol. The Morgan fingerprint density at radius 1 is 1.41 bits per heavy atom. The maximum atomic E-state index is 5.81. The lowest BCUT2D eigenvalue weighted by atomic mass is 10.3. The van der Waals surface area contributed by atoms with Crippen LogP contribution in [0.1, 0.15) is 18.3 Å². The van der Waals surface area contributed by atoms with Crippen LogP contribution in [0.25, 0.3) is 0 Å². The highest BCUT2D eigenvalue weighted by molar-refractivity contribution is 6.28. The molecule has 0 spiro atoms. The molecule has 5 nitrogen and oxygen atoms in total. The Bertz CT molecular complexity index is 514. The van der Waals surface area contributed by atoms with Crippen molar-refractivity contribution in [3.63, 3.8) is 0 Å². The molecule has 0 unspecified atom stereocenters. The standard InChI is InChI=1S/C11H14ClN5/c1-4-8-9(6-17(3)16-8)14-10-5-7(2)13-11(12)15-10/h5-6H,4H2,1-3H3,(H,13,14,15). The van der Waals surface area contributed by atoms with Gasteiger partial charge in [0, 0.05) is 25.0 Å². The number of hydrogen-bond donors (Lipinski definition) is 1. The molecule has 6 heteroatoms. The van der Waals surface area contributed by atoms with Crippen LogP contribution in [0.5, 0.6) is 0 Å².